The van der Waals surface area contributed by atoms with Crippen LogP contribution < -0.4 is 4.74 Å². The summed E-state index contributed by atoms with van der Waals surface area (Å²) in [5.41, 5.74) is 1.16. The van der Waals surface area contributed by atoms with Crippen molar-refractivity contribution < 1.29 is 27.1 Å². The van der Waals surface area contributed by atoms with Crippen molar-refractivity contribution >= 4 is 5.78 Å². The van der Waals surface area contributed by atoms with E-state index in [0.29, 0.717) is 12.0 Å². The monoisotopic (exact) mass is 340 g/mol. The standard InChI is InChI=1S/C18H16F4O2/c1-2-15(12-6-4-3-5-7-12)16(23)13-8-10-14(11-9-13)24-18(21,22)17(19)20/h3-11,15,17H,2H2,1H3. The number of halogens is 4. The van der Waals surface area contributed by atoms with E-state index >= 15 is 0 Å². The van der Waals surface area contributed by atoms with E-state index in [-0.39, 0.29) is 11.7 Å². The highest BCUT2D eigenvalue weighted by Gasteiger charge is 2.43. The van der Waals surface area contributed by atoms with Gasteiger partial charge in [-0.25, -0.2) is 0 Å². The van der Waals surface area contributed by atoms with Gasteiger partial charge in [-0.2, -0.15) is 17.6 Å². The molecule has 1 atom stereocenters. The molecule has 0 aliphatic heterocycles. The third kappa shape index (κ3) is 4.13. The lowest BCUT2D eigenvalue weighted by Crippen LogP contribution is -2.33. The Morgan fingerprint density at radius 3 is 2.12 bits per heavy atom. The van der Waals surface area contributed by atoms with Gasteiger partial charge in [0.1, 0.15) is 5.75 Å². The Kier molecular flexibility index (Phi) is 5.59. The number of Topliss-reactive ketones (excluding diaryl/α,β-unsaturated/α-hetero) is 1. The van der Waals surface area contributed by atoms with Gasteiger partial charge in [-0.15, -0.1) is 0 Å². The summed E-state index contributed by atoms with van der Waals surface area (Å²) < 4.78 is 53.9. The number of rotatable bonds is 7. The first kappa shape index (κ1) is 18.0. The maximum absolute atomic E-state index is 12.9. The third-order valence-electron chi connectivity index (χ3n) is 3.57. The second-order valence-electron chi connectivity index (χ2n) is 5.22. The highest BCUT2D eigenvalue weighted by atomic mass is 19.3. The summed E-state index contributed by atoms with van der Waals surface area (Å²) in [7, 11) is 0. The predicted molar refractivity (Wildman–Crippen MR) is 81.8 cm³/mol. The smallest absolute Gasteiger partial charge is 0.428 e. The second kappa shape index (κ2) is 7.47. The number of ether oxygens (including phenoxy) is 1. The van der Waals surface area contributed by atoms with E-state index in [1.807, 2.05) is 37.3 Å². The summed E-state index contributed by atoms with van der Waals surface area (Å²) in [6.45, 7) is 1.87. The fourth-order valence-electron chi connectivity index (χ4n) is 2.35. The molecule has 0 aliphatic carbocycles. The van der Waals surface area contributed by atoms with Crippen LogP contribution in [0.4, 0.5) is 17.6 Å². The summed E-state index contributed by atoms with van der Waals surface area (Å²) in [4.78, 5) is 12.6. The molecule has 0 amide bonds. The van der Waals surface area contributed by atoms with Crippen LogP contribution >= 0.6 is 0 Å². The van der Waals surface area contributed by atoms with Gasteiger partial charge in [-0.3, -0.25) is 4.79 Å². The molecule has 0 aromatic heterocycles. The number of hydrogen-bond donors (Lipinski definition) is 0. The Bertz CT molecular complexity index is 669. The zero-order valence-corrected chi connectivity index (χ0v) is 12.9. The molecule has 0 heterocycles. The Hall–Kier alpha value is -2.37. The van der Waals surface area contributed by atoms with Gasteiger partial charge in [0.05, 0.1) is 0 Å². The molecule has 0 radical (unpaired) electrons. The third-order valence-corrected chi connectivity index (χ3v) is 3.57. The number of carbonyl (C=O) groups excluding carboxylic acids is 1. The molecule has 24 heavy (non-hydrogen) atoms. The lowest BCUT2D eigenvalue weighted by Gasteiger charge is -2.17. The minimum atomic E-state index is -4.57. The van der Waals surface area contributed by atoms with E-state index in [4.69, 9.17) is 0 Å². The molecule has 0 bridgehead atoms. The van der Waals surface area contributed by atoms with Crippen LogP contribution in [0.5, 0.6) is 5.75 Å². The maximum atomic E-state index is 12.9. The van der Waals surface area contributed by atoms with Crippen molar-refractivity contribution in [1.82, 2.24) is 0 Å². The molecule has 0 aliphatic rings. The first-order valence-electron chi connectivity index (χ1n) is 7.39. The fraction of sp³-hybridized carbons (Fsp3) is 0.278. The van der Waals surface area contributed by atoms with Gasteiger partial charge in [0.25, 0.3) is 0 Å². The summed E-state index contributed by atoms with van der Waals surface area (Å²) >= 11 is 0. The number of benzene rings is 2. The zero-order chi connectivity index (χ0) is 17.7. The van der Waals surface area contributed by atoms with Gasteiger partial charge < -0.3 is 4.74 Å². The van der Waals surface area contributed by atoms with Gasteiger partial charge in [-0.05, 0) is 36.2 Å². The SMILES string of the molecule is CCC(C(=O)c1ccc(OC(F)(F)C(F)F)cc1)c1ccccc1. The quantitative estimate of drug-likeness (QED) is 0.505. The van der Waals surface area contributed by atoms with Crippen molar-refractivity contribution in [3.8, 4) is 5.75 Å². The van der Waals surface area contributed by atoms with Gasteiger partial charge >= 0.3 is 12.5 Å². The Labute approximate surface area is 137 Å². The topological polar surface area (TPSA) is 26.3 Å². The van der Waals surface area contributed by atoms with E-state index in [0.717, 1.165) is 17.7 Å². The summed E-state index contributed by atoms with van der Waals surface area (Å²) in [6, 6.07) is 13.9. The number of alkyl halides is 4. The van der Waals surface area contributed by atoms with Crippen molar-refractivity contribution in [2.75, 3.05) is 0 Å². The molecule has 0 saturated carbocycles. The van der Waals surface area contributed by atoms with Crippen LogP contribution in [0.2, 0.25) is 0 Å². The molecule has 1 unspecified atom stereocenters. The van der Waals surface area contributed by atoms with Gasteiger partial charge in [0.15, 0.2) is 5.78 Å². The molecule has 0 N–H and O–H groups in total. The molecule has 2 rings (SSSR count). The predicted octanol–water partition coefficient (Wildman–Crippen LogP) is 5.30. The second-order valence-corrected chi connectivity index (χ2v) is 5.22. The Morgan fingerprint density at radius 1 is 1.04 bits per heavy atom. The Morgan fingerprint density at radius 2 is 1.62 bits per heavy atom. The lowest BCUT2D eigenvalue weighted by molar-refractivity contribution is -0.253. The minimum Gasteiger partial charge on any atom is -0.428 e. The lowest BCUT2D eigenvalue weighted by atomic mass is 9.89. The first-order valence-corrected chi connectivity index (χ1v) is 7.39. The molecule has 0 saturated heterocycles. The fourth-order valence-corrected chi connectivity index (χ4v) is 2.35. The van der Waals surface area contributed by atoms with Crippen LogP contribution in [0.1, 0.15) is 35.2 Å². The van der Waals surface area contributed by atoms with E-state index in [1.165, 1.54) is 12.1 Å². The average molecular weight is 340 g/mol. The number of ketones is 1. The maximum Gasteiger partial charge on any atom is 0.461 e. The van der Waals surface area contributed by atoms with Gasteiger partial charge in [0.2, 0.25) is 0 Å². The zero-order valence-electron chi connectivity index (χ0n) is 12.9. The van der Waals surface area contributed by atoms with Crippen molar-refractivity contribution in [3.05, 3.63) is 65.7 Å². The molecule has 6 heteroatoms. The van der Waals surface area contributed by atoms with Crippen LogP contribution in [-0.2, 0) is 0 Å². The molecule has 2 nitrogen and oxygen atoms in total. The van der Waals surface area contributed by atoms with E-state index in [2.05, 4.69) is 4.74 Å². The van der Waals surface area contributed by atoms with Crippen molar-refractivity contribution in [3.63, 3.8) is 0 Å². The molecular formula is C18H16F4O2. The van der Waals surface area contributed by atoms with Crippen molar-refractivity contribution in [1.29, 1.82) is 0 Å². The molecule has 2 aromatic rings. The van der Waals surface area contributed by atoms with Crippen LogP contribution in [0.3, 0.4) is 0 Å². The van der Waals surface area contributed by atoms with E-state index in [9.17, 15) is 22.4 Å². The van der Waals surface area contributed by atoms with Gasteiger partial charge in [0, 0.05) is 11.5 Å². The molecular weight excluding hydrogens is 324 g/mol. The summed E-state index contributed by atoms with van der Waals surface area (Å²) in [6.07, 6.45) is -7.92. The molecule has 0 fully saturated rings. The number of carbonyl (C=O) groups is 1. The van der Waals surface area contributed by atoms with Crippen LogP contribution in [0, 0.1) is 0 Å². The van der Waals surface area contributed by atoms with Crippen LogP contribution in [0.15, 0.2) is 54.6 Å². The van der Waals surface area contributed by atoms with E-state index in [1.54, 1.807) is 0 Å². The van der Waals surface area contributed by atoms with Gasteiger partial charge in [-0.1, -0.05) is 37.3 Å². The highest BCUT2D eigenvalue weighted by molar-refractivity contribution is 6.01. The first-order chi connectivity index (χ1) is 11.3. The number of hydrogen-bond acceptors (Lipinski definition) is 2. The van der Waals surface area contributed by atoms with Crippen molar-refractivity contribution in [2.45, 2.75) is 31.8 Å². The van der Waals surface area contributed by atoms with E-state index < -0.39 is 18.3 Å². The summed E-state index contributed by atoms with van der Waals surface area (Å²) in [5, 5.41) is 0. The minimum absolute atomic E-state index is 0.170. The summed E-state index contributed by atoms with van der Waals surface area (Å²) in [5.74, 6) is -0.957. The average Bonchev–Trinajstić information content (AvgIpc) is 2.56. The molecule has 2 aromatic carbocycles. The highest BCUT2D eigenvalue weighted by Crippen LogP contribution is 2.29. The molecule has 128 valence electrons. The molecule has 0 spiro atoms. The normalized spacial score (nSPS) is 12.9. The van der Waals surface area contributed by atoms with Crippen molar-refractivity contribution in [2.24, 2.45) is 0 Å². The largest absolute Gasteiger partial charge is 0.461 e. The van der Waals surface area contributed by atoms with Crippen LogP contribution in [0.25, 0.3) is 0 Å². The van der Waals surface area contributed by atoms with Crippen LogP contribution in [-0.4, -0.2) is 18.3 Å². The Balaban J connectivity index is 2.16.